The van der Waals surface area contributed by atoms with E-state index >= 15 is 0 Å². The molecule has 0 saturated heterocycles. The summed E-state index contributed by atoms with van der Waals surface area (Å²) < 4.78 is 11.5. The van der Waals surface area contributed by atoms with Gasteiger partial charge in [-0.05, 0) is 68.0 Å². The Morgan fingerprint density at radius 1 is 0.966 bits per heavy atom. The van der Waals surface area contributed by atoms with Gasteiger partial charge in [0.05, 0.1) is 11.8 Å². The van der Waals surface area contributed by atoms with E-state index in [0.29, 0.717) is 22.2 Å². The minimum absolute atomic E-state index is 0.0865. The lowest BCUT2D eigenvalue weighted by molar-refractivity contribution is -0.111. The topological polar surface area (TPSA) is 47.6 Å². The average Bonchev–Trinajstić information content (AvgIpc) is 2.69. The molecule has 0 bridgehead atoms. The fraction of sp³-hybridized carbons (Fsp3) is 0.125. The molecule has 3 aromatic carbocycles. The van der Waals surface area contributed by atoms with Gasteiger partial charge < -0.3 is 14.8 Å². The first-order valence-corrected chi connectivity index (χ1v) is 9.65. The molecule has 0 fully saturated rings. The van der Waals surface area contributed by atoms with Crippen LogP contribution in [0.5, 0.6) is 17.2 Å². The van der Waals surface area contributed by atoms with Crippen LogP contribution in [0.15, 0.2) is 78.9 Å². The lowest BCUT2D eigenvalue weighted by Crippen LogP contribution is -2.09. The van der Waals surface area contributed by atoms with Crippen molar-refractivity contribution in [2.75, 3.05) is 5.32 Å². The number of hydrogen-bond donors (Lipinski definition) is 1. The molecule has 0 aliphatic carbocycles. The second kappa shape index (κ2) is 9.80. The van der Waals surface area contributed by atoms with Crippen molar-refractivity contribution in [1.82, 2.24) is 0 Å². The Bertz CT molecular complexity index is 1000. The highest BCUT2D eigenvalue weighted by molar-refractivity contribution is 6.31. The van der Waals surface area contributed by atoms with Crippen molar-refractivity contribution < 1.29 is 14.3 Å². The van der Waals surface area contributed by atoms with E-state index in [1.165, 1.54) is 6.08 Å². The number of para-hydroxylation sites is 1. The molecule has 0 atom stereocenters. The third-order valence-electron chi connectivity index (χ3n) is 3.83. The first-order chi connectivity index (χ1) is 14.0. The van der Waals surface area contributed by atoms with E-state index in [-0.39, 0.29) is 12.0 Å². The average molecular weight is 408 g/mol. The highest BCUT2D eigenvalue weighted by atomic mass is 35.5. The maximum absolute atomic E-state index is 12.4. The SMILES string of the molecule is CC(C)Oc1cccc(/C=C/C(=O)Nc2cc(Cl)ccc2Oc2ccccc2)c1. The molecule has 4 nitrogen and oxygen atoms in total. The predicted molar refractivity (Wildman–Crippen MR) is 118 cm³/mol. The highest BCUT2D eigenvalue weighted by Crippen LogP contribution is 2.32. The van der Waals surface area contributed by atoms with E-state index in [4.69, 9.17) is 21.1 Å². The van der Waals surface area contributed by atoms with Gasteiger partial charge in [-0.25, -0.2) is 0 Å². The van der Waals surface area contributed by atoms with Crippen LogP contribution >= 0.6 is 11.6 Å². The van der Waals surface area contributed by atoms with Gasteiger partial charge in [-0.15, -0.1) is 0 Å². The van der Waals surface area contributed by atoms with Crippen molar-refractivity contribution in [3.8, 4) is 17.2 Å². The van der Waals surface area contributed by atoms with Crippen LogP contribution in [0.2, 0.25) is 5.02 Å². The van der Waals surface area contributed by atoms with Crippen molar-refractivity contribution >= 4 is 29.3 Å². The number of ether oxygens (including phenoxy) is 2. The van der Waals surface area contributed by atoms with E-state index < -0.39 is 0 Å². The van der Waals surface area contributed by atoms with Crippen LogP contribution in [0.25, 0.3) is 6.08 Å². The molecule has 0 spiro atoms. The number of benzene rings is 3. The van der Waals surface area contributed by atoms with E-state index in [2.05, 4.69) is 5.32 Å². The third kappa shape index (κ3) is 6.40. The van der Waals surface area contributed by atoms with Crippen LogP contribution in [-0.2, 0) is 4.79 Å². The van der Waals surface area contributed by atoms with Crippen LogP contribution in [-0.4, -0.2) is 12.0 Å². The summed E-state index contributed by atoms with van der Waals surface area (Å²) >= 11 is 6.10. The standard InChI is InChI=1S/C24H22ClNO3/c1-17(2)28-21-10-6-7-18(15-21)11-14-24(27)26-22-16-19(25)12-13-23(22)29-20-8-4-3-5-9-20/h3-17H,1-2H3,(H,26,27)/b14-11+. The molecule has 3 aromatic rings. The maximum Gasteiger partial charge on any atom is 0.248 e. The number of rotatable bonds is 7. The maximum atomic E-state index is 12.4. The molecule has 0 aromatic heterocycles. The Labute approximate surface area is 175 Å². The van der Waals surface area contributed by atoms with Crippen LogP contribution in [0.3, 0.4) is 0 Å². The largest absolute Gasteiger partial charge is 0.491 e. The molecular weight excluding hydrogens is 386 g/mol. The Kier molecular flexibility index (Phi) is 6.93. The van der Waals surface area contributed by atoms with Gasteiger partial charge in [0.2, 0.25) is 5.91 Å². The Morgan fingerprint density at radius 3 is 2.48 bits per heavy atom. The summed E-state index contributed by atoms with van der Waals surface area (Å²) in [4.78, 5) is 12.4. The monoisotopic (exact) mass is 407 g/mol. The highest BCUT2D eigenvalue weighted by Gasteiger charge is 2.09. The van der Waals surface area contributed by atoms with Crippen LogP contribution in [0.1, 0.15) is 19.4 Å². The number of carbonyl (C=O) groups excluding carboxylic acids is 1. The minimum atomic E-state index is -0.291. The zero-order valence-corrected chi connectivity index (χ0v) is 17.0. The van der Waals surface area contributed by atoms with Crippen molar-refractivity contribution in [3.05, 3.63) is 89.5 Å². The van der Waals surface area contributed by atoms with E-state index in [1.807, 2.05) is 68.4 Å². The summed E-state index contributed by atoms with van der Waals surface area (Å²) in [5.74, 6) is 1.65. The van der Waals surface area contributed by atoms with E-state index in [0.717, 1.165) is 11.3 Å². The van der Waals surface area contributed by atoms with Gasteiger partial charge in [0.15, 0.2) is 5.75 Å². The molecule has 29 heavy (non-hydrogen) atoms. The molecule has 0 radical (unpaired) electrons. The summed E-state index contributed by atoms with van der Waals surface area (Å²) in [7, 11) is 0. The lowest BCUT2D eigenvalue weighted by atomic mass is 10.2. The molecule has 3 rings (SSSR count). The number of amides is 1. The fourth-order valence-electron chi connectivity index (χ4n) is 2.61. The molecule has 1 amide bonds. The Morgan fingerprint density at radius 2 is 1.72 bits per heavy atom. The smallest absolute Gasteiger partial charge is 0.248 e. The van der Waals surface area contributed by atoms with Gasteiger partial charge in [-0.3, -0.25) is 4.79 Å². The summed E-state index contributed by atoms with van der Waals surface area (Å²) in [6, 6.07) is 22.0. The van der Waals surface area contributed by atoms with Crippen molar-refractivity contribution in [2.45, 2.75) is 20.0 Å². The van der Waals surface area contributed by atoms with E-state index in [9.17, 15) is 4.79 Å². The Hall–Kier alpha value is -3.24. The number of halogens is 1. The zero-order chi connectivity index (χ0) is 20.6. The summed E-state index contributed by atoms with van der Waals surface area (Å²) in [5, 5.41) is 3.33. The van der Waals surface area contributed by atoms with Gasteiger partial charge in [-0.1, -0.05) is 41.9 Å². The molecule has 148 valence electrons. The number of nitrogens with one attached hydrogen (secondary N) is 1. The minimum Gasteiger partial charge on any atom is -0.491 e. The molecule has 1 N–H and O–H groups in total. The number of hydrogen-bond acceptors (Lipinski definition) is 3. The molecule has 0 aliphatic rings. The quantitative estimate of drug-likeness (QED) is 0.450. The molecule has 0 saturated carbocycles. The van der Waals surface area contributed by atoms with Gasteiger partial charge in [-0.2, -0.15) is 0 Å². The van der Waals surface area contributed by atoms with Crippen LogP contribution in [0, 0.1) is 0 Å². The van der Waals surface area contributed by atoms with Gasteiger partial charge >= 0.3 is 0 Å². The fourth-order valence-corrected chi connectivity index (χ4v) is 2.79. The normalized spacial score (nSPS) is 10.9. The molecule has 5 heteroatoms. The summed E-state index contributed by atoms with van der Waals surface area (Å²) in [6.07, 6.45) is 3.27. The van der Waals surface area contributed by atoms with Gasteiger partial charge in [0.1, 0.15) is 11.5 Å². The summed E-state index contributed by atoms with van der Waals surface area (Å²) in [6.45, 7) is 3.94. The zero-order valence-electron chi connectivity index (χ0n) is 16.3. The first kappa shape index (κ1) is 20.5. The number of carbonyl (C=O) groups is 1. The summed E-state index contributed by atoms with van der Waals surface area (Å²) in [5.41, 5.74) is 1.36. The number of anilines is 1. The lowest BCUT2D eigenvalue weighted by Gasteiger charge is -2.12. The second-order valence-electron chi connectivity index (χ2n) is 6.62. The van der Waals surface area contributed by atoms with Crippen molar-refractivity contribution in [2.24, 2.45) is 0 Å². The van der Waals surface area contributed by atoms with Crippen molar-refractivity contribution in [3.63, 3.8) is 0 Å². The predicted octanol–water partition coefficient (Wildman–Crippen LogP) is 6.57. The van der Waals surface area contributed by atoms with Gasteiger partial charge in [0, 0.05) is 11.1 Å². The molecular formula is C24H22ClNO3. The van der Waals surface area contributed by atoms with E-state index in [1.54, 1.807) is 24.3 Å². The van der Waals surface area contributed by atoms with Gasteiger partial charge in [0.25, 0.3) is 0 Å². The molecule has 0 heterocycles. The van der Waals surface area contributed by atoms with Crippen LogP contribution in [0.4, 0.5) is 5.69 Å². The molecule has 0 aliphatic heterocycles. The molecule has 0 unspecified atom stereocenters. The van der Waals surface area contributed by atoms with Crippen LogP contribution < -0.4 is 14.8 Å². The third-order valence-corrected chi connectivity index (χ3v) is 4.06. The van der Waals surface area contributed by atoms with Crippen molar-refractivity contribution in [1.29, 1.82) is 0 Å². The Balaban J connectivity index is 1.72. The first-order valence-electron chi connectivity index (χ1n) is 9.28. The second-order valence-corrected chi connectivity index (χ2v) is 7.05.